The maximum atomic E-state index is 13.3. The van der Waals surface area contributed by atoms with Crippen LogP contribution in [-0.2, 0) is 4.79 Å². The van der Waals surface area contributed by atoms with Gasteiger partial charge in [-0.05, 0) is 31.5 Å². The molecule has 1 aliphatic heterocycles. The molecule has 0 aliphatic carbocycles. The van der Waals surface area contributed by atoms with Gasteiger partial charge in [0, 0.05) is 7.05 Å². The van der Waals surface area contributed by atoms with Crippen LogP contribution in [0.5, 0.6) is 5.75 Å². The Morgan fingerprint density at radius 1 is 1.43 bits per heavy atom. The molecule has 1 heterocycles. The van der Waals surface area contributed by atoms with Gasteiger partial charge in [0.2, 0.25) is 5.91 Å². The van der Waals surface area contributed by atoms with Crippen molar-refractivity contribution in [3.8, 4) is 5.75 Å². The molecule has 1 aromatic carbocycles. The van der Waals surface area contributed by atoms with E-state index in [-0.39, 0.29) is 42.5 Å². The fourth-order valence-electron chi connectivity index (χ4n) is 2.29. The van der Waals surface area contributed by atoms with Crippen molar-refractivity contribution in [2.75, 3.05) is 26.7 Å². The number of nitrogens with one attached hydrogen (secondary N) is 1. The van der Waals surface area contributed by atoms with Gasteiger partial charge in [-0.3, -0.25) is 4.79 Å². The predicted octanol–water partition coefficient (Wildman–Crippen LogP) is 2.23. The Kier molecular flexibility index (Phi) is 7.47. The van der Waals surface area contributed by atoms with Crippen LogP contribution < -0.4 is 10.1 Å². The molecule has 1 aliphatic rings. The van der Waals surface area contributed by atoms with E-state index in [0.29, 0.717) is 6.54 Å². The molecule has 1 atom stereocenters. The maximum Gasteiger partial charge on any atom is 0.239 e. The van der Waals surface area contributed by atoms with E-state index in [0.717, 1.165) is 25.8 Å². The molecule has 2 rings (SSSR count). The number of carbonyl (C=O) groups is 1. The first-order valence-corrected chi connectivity index (χ1v) is 7.04. The van der Waals surface area contributed by atoms with Gasteiger partial charge in [0.1, 0.15) is 6.61 Å². The number of para-hydroxylation sites is 1. The summed E-state index contributed by atoms with van der Waals surface area (Å²) in [6.07, 6.45) is 3.10. The lowest BCUT2D eigenvalue weighted by atomic mass is 10.0. The largest absolute Gasteiger partial charge is 0.489 e. The smallest absolute Gasteiger partial charge is 0.239 e. The van der Waals surface area contributed by atoms with Crippen LogP contribution in [0.2, 0.25) is 0 Å². The molecule has 1 unspecified atom stereocenters. The van der Waals surface area contributed by atoms with Gasteiger partial charge in [0.25, 0.3) is 0 Å². The van der Waals surface area contributed by atoms with E-state index in [1.807, 2.05) is 0 Å². The molecule has 1 aromatic rings. The van der Waals surface area contributed by atoms with Crippen LogP contribution in [0.25, 0.3) is 0 Å². The highest BCUT2D eigenvalue weighted by Crippen LogP contribution is 2.15. The van der Waals surface area contributed by atoms with E-state index in [4.69, 9.17) is 4.74 Å². The van der Waals surface area contributed by atoms with E-state index in [2.05, 4.69) is 5.32 Å². The molecule has 118 valence electrons. The molecule has 0 bridgehead atoms. The third-order valence-electron chi connectivity index (χ3n) is 3.51. The molecular formula is C15H22ClFN2O2. The van der Waals surface area contributed by atoms with Gasteiger partial charge in [-0.2, -0.15) is 0 Å². The van der Waals surface area contributed by atoms with Crippen molar-refractivity contribution in [2.24, 2.45) is 0 Å². The summed E-state index contributed by atoms with van der Waals surface area (Å²) < 4.78 is 18.7. The van der Waals surface area contributed by atoms with Gasteiger partial charge in [-0.15, -0.1) is 12.4 Å². The van der Waals surface area contributed by atoms with E-state index in [1.165, 1.54) is 6.07 Å². The van der Waals surface area contributed by atoms with Crippen molar-refractivity contribution >= 4 is 18.3 Å². The fourth-order valence-corrected chi connectivity index (χ4v) is 2.29. The zero-order chi connectivity index (χ0) is 14.4. The number of benzene rings is 1. The Bertz CT molecular complexity index is 453. The summed E-state index contributed by atoms with van der Waals surface area (Å²) in [4.78, 5) is 13.8. The molecule has 1 amide bonds. The van der Waals surface area contributed by atoms with Crippen LogP contribution in [0.3, 0.4) is 0 Å². The number of rotatable bonds is 5. The van der Waals surface area contributed by atoms with E-state index in [1.54, 1.807) is 30.1 Å². The highest BCUT2D eigenvalue weighted by atomic mass is 35.5. The molecule has 4 nitrogen and oxygen atoms in total. The predicted molar refractivity (Wildman–Crippen MR) is 82.4 cm³/mol. The van der Waals surface area contributed by atoms with Crippen LogP contribution in [0.1, 0.15) is 19.3 Å². The molecule has 1 fully saturated rings. The van der Waals surface area contributed by atoms with Crippen molar-refractivity contribution in [3.05, 3.63) is 30.1 Å². The molecule has 6 heteroatoms. The summed E-state index contributed by atoms with van der Waals surface area (Å²) in [6.45, 7) is 1.64. The first kappa shape index (κ1) is 17.7. The second-order valence-corrected chi connectivity index (χ2v) is 5.04. The van der Waals surface area contributed by atoms with Crippen LogP contribution in [0.15, 0.2) is 24.3 Å². The highest BCUT2D eigenvalue weighted by molar-refractivity contribution is 5.85. The second kappa shape index (κ2) is 8.85. The summed E-state index contributed by atoms with van der Waals surface area (Å²) in [6, 6.07) is 6.20. The van der Waals surface area contributed by atoms with Crippen LogP contribution in [-0.4, -0.2) is 43.6 Å². The van der Waals surface area contributed by atoms with E-state index in [9.17, 15) is 9.18 Å². The first-order chi connectivity index (χ1) is 9.68. The van der Waals surface area contributed by atoms with Crippen molar-refractivity contribution in [2.45, 2.75) is 25.3 Å². The topological polar surface area (TPSA) is 41.6 Å². The number of carbonyl (C=O) groups excluding carboxylic acids is 1. The molecule has 1 saturated heterocycles. The number of amides is 1. The van der Waals surface area contributed by atoms with Crippen molar-refractivity contribution in [1.29, 1.82) is 0 Å². The molecule has 0 aromatic heterocycles. The Morgan fingerprint density at radius 3 is 2.86 bits per heavy atom. The summed E-state index contributed by atoms with van der Waals surface area (Å²) in [7, 11) is 1.75. The molecule has 0 spiro atoms. The minimum Gasteiger partial charge on any atom is -0.489 e. The maximum absolute atomic E-state index is 13.3. The quantitative estimate of drug-likeness (QED) is 0.905. The monoisotopic (exact) mass is 316 g/mol. The lowest BCUT2D eigenvalue weighted by molar-refractivity contribution is -0.133. The molecule has 1 N–H and O–H groups in total. The third kappa shape index (κ3) is 5.17. The lowest BCUT2D eigenvalue weighted by Gasteiger charge is -2.27. The zero-order valence-corrected chi connectivity index (χ0v) is 13.0. The summed E-state index contributed by atoms with van der Waals surface area (Å²) in [5.74, 6) is -0.0681. The number of ether oxygens (including phenoxy) is 1. The van der Waals surface area contributed by atoms with Gasteiger partial charge in [-0.1, -0.05) is 18.6 Å². The molecular weight excluding hydrogens is 295 g/mol. The molecule has 0 radical (unpaired) electrons. The molecule has 0 saturated carbocycles. The van der Waals surface area contributed by atoms with Crippen molar-refractivity contribution in [1.82, 2.24) is 10.2 Å². The average Bonchev–Trinajstić information content (AvgIpc) is 2.49. The Labute approximate surface area is 131 Å². The van der Waals surface area contributed by atoms with Gasteiger partial charge >= 0.3 is 0 Å². The van der Waals surface area contributed by atoms with Crippen LogP contribution >= 0.6 is 12.4 Å². The Morgan fingerprint density at radius 2 is 2.19 bits per heavy atom. The number of piperidine rings is 1. The standard InChI is InChI=1S/C15H21FN2O2.ClH/c1-18(15(19)13-7-4-5-9-17-13)10-11-20-14-8-3-2-6-12(14)16;/h2-3,6,8,13,17H,4-5,7,9-11H2,1H3;1H. The minimum atomic E-state index is -0.379. The minimum absolute atomic E-state index is 0. The summed E-state index contributed by atoms with van der Waals surface area (Å²) in [5, 5.41) is 3.22. The highest BCUT2D eigenvalue weighted by Gasteiger charge is 2.23. The van der Waals surface area contributed by atoms with Crippen LogP contribution in [0, 0.1) is 5.82 Å². The number of likely N-dealkylation sites (N-methyl/N-ethyl adjacent to an activating group) is 1. The average molecular weight is 317 g/mol. The lowest BCUT2D eigenvalue weighted by Crippen LogP contribution is -2.48. The molecule has 21 heavy (non-hydrogen) atoms. The second-order valence-electron chi connectivity index (χ2n) is 5.04. The number of nitrogens with zero attached hydrogens (tertiary/aromatic N) is 1. The zero-order valence-electron chi connectivity index (χ0n) is 12.2. The van der Waals surface area contributed by atoms with Gasteiger partial charge in [-0.25, -0.2) is 4.39 Å². The number of hydrogen-bond donors (Lipinski definition) is 1. The normalized spacial score (nSPS) is 17.7. The van der Waals surface area contributed by atoms with Crippen LogP contribution in [0.4, 0.5) is 4.39 Å². The Hall–Kier alpha value is -1.33. The van der Waals surface area contributed by atoms with Gasteiger partial charge < -0.3 is 15.0 Å². The fraction of sp³-hybridized carbons (Fsp3) is 0.533. The SMILES string of the molecule is CN(CCOc1ccccc1F)C(=O)C1CCCCN1.Cl. The number of hydrogen-bond acceptors (Lipinski definition) is 3. The first-order valence-electron chi connectivity index (χ1n) is 7.04. The summed E-state index contributed by atoms with van der Waals surface area (Å²) >= 11 is 0. The number of halogens is 2. The summed E-state index contributed by atoms with van der Waals surface area (Å²) in [5.41, 5.74) is 0. The third-order valence-corrected chi connectivity index (χ3v) is 3.51. The van der Waals surface area contributed by atoms with Gasteiger partial charge in [0.05, 0.1) is 12.6 Å². The van der Waals surface area contributed by atoms with Gasteiger partial charge in [0.15, 0.2) is 11.6 Å². The Balaban J connectivity index is 0.00000220. The van der Waals surface area contributed by atoms with E-state index >= 15 is 0 Å². The van der Waals surface area contributed by atoms with E-state index < -0.39 is 0 Å². The van der Waals surface area contributed by atoms with Crippen molar-refractivity contribution < 1.29 is 13.9 Å². The van der Waals surface area contributed by atoms with Crippen molar-refractivity contribution in [3.63, 3.8) is 0 Å².